The van der Waals surface area contributed by atoms with Crippen LogP contribution in [0, 0.1) is 0 Å². The molecule has 0 unspecified atom stereocenters. The summed E-state index contributed by atoms with van der Waals surface area (Å²) in [6.45, 7) is 0. The number of halogens is 1. The number of carbonyl (C=O) groups excluding carboxylic acids is 1. The van der Waals surface area contributed by atoms with E-state index < -0.39 is 0 Å². The predicted molar refractivity (Wildman–Crippen MR) is 74.6 cm³/mol. The largest absolute Gasteiger partial charge is 0.504 e. The van der Waals surface area contributed by atoms with Gasteiger partial charge in [-0.25, -0.2) is 0 Å². The number of benzene rings is 2. The number of aromatic hydroxyl groups is 2. The van der Waals surface area contributed by atoms with Crippen LogP contribution >= 0.6 is 11.6 Å². The highest BCUT2D eigenvalue weighted by Crippen LogP contribution is 2.25. The lowest BCUT2D eigenvalue weighted by atomic mass is 10.1. The van der Waals surface area contributed by atoms with Crippen LogP contribution in [-0.4, -0.2) is 16.0 Å². The Labute approximate surface area is 115 Å². The number of phenols is 2. The van der Waals surface area contributed by atoms with Crippen LogP contribution in [0.5, 0.6) is 11.5 Å². The number of hydrogen-bond donors (Lipinski definition) is 2. The molecule has 0 radical (unpaired) electrons. The molecular formula is C15H11ClO3. The van der Waals surface area contributed by atoms with E-state index in [1.165, 1.54) is 18.2 Å². The van der Waals surface area contributed by atoms with Crippen LogP contribution in [0.2, 0.25) is 5.02 Å². The topological polar surface area (TPSA) is 57.5 Å². The van der Waals surface area contributed by atoms with E-state index >= 15 is 0 Å². The molecule has 19 heavy (non-hydrogen) atoms. The number of rotatable bonds is 3. The number of hydrogen-bond acceptors (Lipinski definition) is 3. The van der Waals surface area contributed by atoms with Gasteiger partial charge in [-0.3, -0.25) is 4.79 Å². The van der Waals surface area contributed by atoms with Crippen molar-refractivity contribution in [3.63, 3.8) is 0 Å². The molecule has 0 saturated heterocycles. The summed E-state index contributed by atoms with van der Waals surface area (Å²) in [7, 11) is 0. The van der Waals surface area contributed by atoms with E-state index in [9.17, 15) is 15.0 Å². The third-order valence-corrected chi connectivity index (χ3v) is 2.90. The molecule has 2 aromatic carbocycles. The summed E-state index contributed by atoms with van der Waals surface area (Å²) in [5.74, 6) is -0.653. The molecule has 2 N–H and O–H groups in total. The molecule has 0 atom stereocenters. The molecule has 4 heteroatoms. The van der Waals surface area contributed by atoms with Crippen molar-refractivity contribution < 1.29 is 15.0 Å². The highest BCUT2D eigenvalue weighted by atomic mass is 35.5. The first-order valence-corrected chi connectivity index (χ1v) is 5.94. The molecule has 0 heterocycles. The lowest BCUT2D eigenvalue weighted by Gasteiger charge is -2.00. The van der Waals surface area contributed by atoms with Gasteiger partial charge in [-0.1, -0.05) is 35.9 Å². The van der Waals surface area contributed by atoms with Gasteiger partial charge in [0.15, 0.2) is 17.3 Å². The van der Waals surface area contributed by atoms with E-state index in [2.05, 4.69) is 0 Å². The van der Waals surface area contributed by atoms with Gasteiger partial charge in [0.05, 0.1) is 5.02 Å². The Bertz CT molecular complexity index is 648. The molecule has 0 aliphatic carbocycles. The summed E-state index contributed by atoms with van der Waals surface area (Å²) in [5.41, 5.74) is 1.03. The fraction of sp³-hybridized carbons (Fsp3) is 0. The summed E-state index contributed by atoms with van der Waals surface area (Å²) in [5, 5.41) is 18.9. The third kappa shape index (κ3) is 3.14. The summed E-state index contributed by atoms with van der Waals surface area (Å²) in [6, 6.07) is 11.1. The van der Waals surface area contributed by atoms with Gasteiger partial charge in [0.2, 0.25) is 0 Å². The number of carbonyl (C=O) groups is 1. The highest BCUT2D eigenvalue weighted by Gasteiger charge is 2.06. The maximum atomic E-state index is 11.9. The summed E-state index contributed by atoms with van der Waals surface area (Å²) < 4.78 is 0. The Balaban J connectivity index is 2.21. The molecule has 2 aromatic rings. The Morgan fingerprint density at radius 3 is 2.47 bits per heavy atom. The number of allylic oxidation sites excluding steroid dienone is 1. The molecule has 0 aliphatic rings. The zero-order valence-corrected chi connectivity index (χ0v) is 10.6. The first-order chi connectivity index (χ1) is 9.08. The molecule has 0 saturated carbocycles. The van der Waals surface area contributed by atoms with E-state index in [4.69, 9.17) is 11.6 Å². The minimum absolute atomic E-state index is 0.199. The Morgan fingerprint density at radius 2 is 1.79 bits per heavy atom. The van der Waals surface area contributed by atoms with Gasteiger partial charge in [-0.05, 0) is 35.9 Å². The predicted octanol–water partition coefficient (Wildman–Crippen LogP) is 3.65. The van der Waals surface area contributed by atoms with Crippen molar-refractivity contribution >= 4 is 23.5 Å². The van der Waals surface area contributed by atoms with Gasteiger partial charge >= 0.3 is 0 Å². The van der Waals surface area contributed by atoms with Crippen molar-refractivity contribution in [3.8, 4) is 11.5 Å². The molecule has 0 bridgehead atoms. The fourth-order valence-corrected chi connectivity index (χ4v) is 1.80. The second-order valence-corrected chi connectivity index (χ2v) is 4.33. The third-order valence-electron chi connectivity index (χ3n) is 2.57. The van der Waals surface area contributed by atoms with E-state index in [1.54, 1.807) is 36.4 Å². The zero-order chi connectivity index (χ0) is 13.8. The second-order valence-electron chi connectivity index (χ2n) is 3.93. The maximum absolute atomic E-state index is 11.9. The van der Waals surface area contributed by atoms with Crippen LogP contribution in [0.1, 0.15) is 15.9 Å². The monoisotopic (exact) mass is 274 g/mol. The maximum Gasteiger partial charge on any atom is 0.187 e. The highest BCUT2D eigenvalue weighted by molar-refractivity contribution is 6.34. The molecule has 0 spiro atoms. The van der Waals surface area contributed by atoms with Gasteiger partial charge < -0.3 is 10.2 Å². The van der Waals surface area contributed by atoms with E-state index in [0.29, 0.717) is 16.1 Å². The van der Waals surface area contributed by atoms with Crippen LogP contribution < -0.4 is 0 Å². The fourth-order valence-electron chi connectivity index (χ4n) is 1.57. The molecule has 0 fully saturated rings. The Hall–Kier alpha value is -2.26. The first-order valence-electron chi connectivity index (χ1n) is 5.57. The van der Waals surface area contributed by atoms with Gasteiger partial charge in [0.1, 0.15) is 0 Å². The molecule has 0 aromatic heterocycles. The number of ketones is 1. The van der Waals surface area contributed by atoms with Crippen molar-refractivity contribution in [2.75, 3.05) is 0 Å². The normalized spacial score (nSPS) is 10.8. The molecule has 0 aliphatic heterocycles. The van der Waals surface area contributed by atoms with Crippen molar-refractivity contribution in [2.45, 2.75) is 0 Å². The van der Waals surface area contributed by atoms with Crippen LogP contribution in [-0.2, 0) is 0 Å². The molecule has 0 amide bonds. The average Bonchev–Trinajstić information content (AvgIpc) is 2.40. The molecule has 96 valence electrons. The number of phenolic OH excluding ortho intramolecular Hbond substituents is 2. The van der Waals surface area contributed by atoms with Crippen LogP contribution in [0.25, 0.3) is 6.08 Å². The van der Waals surface area contributed by atoms with Crippen molar-refractivity contribution in [1.82, 2.24) is 0 Å². The molecule has 3 nitrogen and oxygen atoms in total. The van der Waals surface area contributed by atoms with E-state index in [0.717, 1.165) is 0 Å². The molecular weight excluding hydrogens is 264 g/mol. The quantitative estimate of drug-likeness (QED) is 0.510. The summed E-state index contributed by atoms with van der Waals surface area (Å²) in [4.78, 5) is 11.9. The minimum atomic E-state index is -0.229. The standard InChI is InChI=1S/C15H11ClO3/c16-12-4-2-1-3-11(12)13(17)7-5-10-6-8-14(18)15(19)9-10/h1-9,18-19H/b7-5+. The average molecular weight is 275 g/mol. The molecule has 2 rings (SSSR count). The van der Waals surface area contributed by atoms with Crippen molar-refractivity contribution in [2.24, 2.45) is 0 Å². The van der Waals surface area contributed by atoms with Gasteiger partial charge in [-0.15, -0.1) is 0 Å². The van der Waals surface area contributed by atoms with Crippen LogP contribution in [0.4, 0.5) is 0 Å². The smallest absolute Gasteiger partial charge is 0.187 e. The van der Waals surface area contributed by atoms with Crippen LogP contribution in [0.3, 0.4) is 0 Å². The van der Waals surface area contributed by atoms with E-state index in [1.807, 2.05) is 0 Å². The van der Waals surface area contributed by atoms with Crippen LogP contribution in [0.15, 0.2) is 48.5 Å². The van der Waals surface area contributed by atoms with Gasteiger partial charge in [-0.2, -0.15) is 0 Å². The van der Waals surface area contributed by atoms with E-state index in [-0.39, 0.29) is 17.3 Å². The zero-order valence-electron chi connectivity index (χ0n) is 9.88. The lowest BCUT2D eigenvalue weighted by Crippen LogP contribution is -1.94. The minimum Gasteiger partial charge on any atom is -0.504 e. The summed E-state index contributed by atoms with van der Waals surface area (Å²) >= 11 is 5.92. The SMILES string of the molecule is O=C(/C=C/c1ccc(O)c(O)c1)c1ccccc1Cl. The first kappa shape index (κ1) is 13.2. The van der Waals surface area contributed by atoms with Gasteiger partial charge in [0.25, 0.3) is 0 Å². The van der Waals surface area contributed by atoms with Gasteiger partial charge in [0, 0.05) is 5.56 Å². The lowest BCUT2D eigenvalue weighted by molar-refractivity contribution is 0.104. The second kappa shape index (κ2) is 5.59. The van der Waals surface area contributed by atoms with Crippen molar-refractivity contribution in [3.05, 3.63) is 64.7 Å². The summed E-state index contributed by atoms with van der Waals surface area (Å²) in [6.07, 6.45) is 2.91. The Kier molecular flexibility index (Phi) is 3.88. The van der Waals surface area contributed by atoms with Crippen molar-refractivity contribution in [1.29, 1.82) is 0 Å². The Morgan fingerprint density at radius 1 is 1.05 bits per heavy atom.